The Bertz CT molecular complexity index is 817. The van der Waals surface area contributed by atoms with Crippen LogP contribution < -0.4 is 14.5 Å². The minimum Gasteiger partial charge on any atom is -0.326 e. The normalized spacial score (nSPS) is 23.1. The van der Waals surface area contributed by atoms with Crippen molar-refractivity contribution in [2.24, 2.45) is 0 Å². The molecule has 0 bridgehead atoms. The molecule has 3 N–H and O–H groups in total. The first-order valence-corrected chi connectivity index (χ1v) is 11.8. The van der Waals surface area contributed by atoms with Crippen molar-refractivity contribution < 1.29 is 22.6 Å². The lowest BCUT2D eigenvalue weighted by Gasteiger charge is -2.36. The van der Waals surface area contributed by atoms with Crippen LogP contribution >= 0.6 is 11.3 Å². The topological polar surface area (TPSA) is 55.1 Å². The van der Waals surface area contributed by atoms with Crippen LogP contribution in [0, 0.1) is 5.82 Å². The summed E-state index contributed by atoms with van der Waals surface area (Å²) >= 11 is 1.67. The lowest BCUT2D eigenvalue weighted by atomic mass is 10.1. The van der Waals surface area contributed by atoms with E-state index in [2.05, 4.69) is 17.7 Å². The van der Waals surface area contributed by atoms with E-state index in [0.29, 0.717) is 0 Å². The number of sulfonamides is 1. The van der Waals surface area contributed by atoms with Crippen LogP contribution in [-0.4, -0.2) is 47.2 Å². The maximum Gasteiger partial charge on any atom is 0.241 e. The molecule has 2 atom stereocenters. The fourth-order valence-electron chi connectivity index (χ4n) is 3.85. The van der Waals surface area contributed by atoms with Crippen LogP contribution in [0.5, 0.6) is 0 Å². The Kier molecular flexibility index (Phi) is 6.65. The molecule has 0 aliphatic carbocycles. The summed E-state index contributed by atoms with van der Waals surface area (Å²) < 4.78 is 41.5. The van der Waals surface area contributed by atoms with E-state index < -0.39 is 15.8 Å². The Balaban J connectivity index is 1.79. The Hall–Kier alpha value is -1.32. The molecule has 1 fully saturated rings. The Morgan fingerprint density at radius 1 is 1.15 bits per heavy atom. The highest BCUT2D eigenvalue weighted by Gasteiger charge is 2.36. The van der Waals surface area contributed by atoms with Gasteiger partial charge in [0.1, 0.15) is 38.0 Å². The molecule has 1 saturated heterocycles. The van der Waals surface area contributed by atoms with Crippen molar-refractivity contribution in [2.45, 2.75) is 30.8 Å². The molecule has 0 spiro atoms. The van der Waals surface area contributed by atoms with E-state index in [1.165, 1.54) is 34.0 Å². The maximum atomic E-state index is 13.1. The van der Waals surface area contributed by atoms with Crippen LogP contribution in [0.1, 0.15) is 24.8 Å². The van der Waals surface area contributed by atoms with Gasteiger partial charge in [-0.2, -0.15) is 0 Å². The van der Waals surface area contributed by atoms with Crippen LogP contribution in [0.4, 0.5) is 4.39 Å². The largest absolute Gasteiger partial charge is 0.326 e. The van der Waals surface area contributed by atoms with Gasteiger partial charge in [-0.1, -0.05) is 6.07 Å². The van der Waals surface area contributed by atoms with Crippen molar-refractivity contribution in [3.05, 3.63) is 52.5 Å². The number of halogens is 1. The van der Waals surface area contributed by atoms with Crippen molar-refractivity contribution in [3.63, 3.8) is 0 Å². The third kappa shape index (κ3) is 4.94. The molecule has 1 aromatic heterocycles. The second-order valence-corrected chi connectivity index (χ2v) is 9.81. The zero-order chi connectivity index (χ0) is 19.4. The monoisotopic (exact) mass is 413 g/mol. The number of nitrogens with one attached hydrogen (secondary N) is 3. The molecule has 0 amide bonds. The van der Waals surface area contributed by atoms with Crippen molar-refractivity contribution in [1.82, 2.24) is 4.72 Å². The van der Waals surface area contributed by atoms with Gasteiger partial charge >= 0.3 is 0 Å². The molecule has 2 heterocycles. The van der Waals surface area contributed by atoms with Gasteiger partial charge < -0.3 is 9.80 Å². The van der Waals surface area contributed by atoms with Crippen LogP contribution in [0.3, 0.4) is 0 Å². The van der Waals surface area contributed by atoms with Crippen LogP contribution in [0.25, 0.3) is 0 Å². The number of hydrogen-bond donors (Lipinski definition) is 3. The van der Waals surface area contributed by atoms with Crippen molar-refractivity contribution in [1.29, 1.82) is 0 Å². The average molecular weight is 414 g/mol. The third-order valence-electron chi connectivity index (χ3n) is 5.35. The van der Waals surface area contributed by atoms with Crippen molar-refractivity contribution in [3.8, 4) is 0 Å². The lowest BCUT2D eigenvalue weighted by Crippen LogP contribution is -3.28. The van der Waals surface area contributed by atoms with E-state index in [1.54, 1.807) is 16.2 Å². The van der Waals surface area contributed by atoms with E-state index in [4.69, 9.17) is 0 Å². The second kappa shape index (κ2) is 8.79. The molecule has 0 unspecified atom stereocenters. The first-order chi connectivity index (χ1) is 12.9. The van der Waals surface area contributed by atoms with Gasteiger partial charge in [0.05, 0.1) is 22.4 Å². The highest BCUT2D eigenvalue weighted by Crippen LogP contribution is 2.21. The maximum absolute atomic E-state index is 13.1. The van der Waals surface area contributed by atoms with Gasteiger partial charge in [-0.05, 0) is 49.6 Å². The predicted molar refractivity (Wildman–Crippen MR) is 105 cm³/mol. The summed E-state index contributed by atoms with van der Waals surface area (Å²) in [5, 5.41) is 2.04. The number of piperazine rings is 1. The molecule has 1 aliphatic heterocycles. The SMILES string of the molecule is CC[NH+]1CC[NH+]([C@H](c2cccs2)[C@H](C)NS(=O)(=O)c2ccc(F)cc2)CC1. The highest BCUT2D eigenvalue weighted by atomic mass is 32.2. The molecular weight excluding hydrogens is 385 g/mol. The van der Waals surface area contributed by atoms with Gasteiger partial charge in [0, 0.05) is 0 Å². The standard InChI is InChI=1S/C19H26FN3O2S2/c1-3-22-10-12-23(13-11-22)19(18-5-4-14-26-18)15(2)21-27(24,25)17-8-6-16(20)7-9-17/h4-9,14-15,19,21H,3,10-13H2,1-2H3/p+2/t15-,19-/m0/s1. The Morgan fingerprint density at radius 2 is 1.81 bits per heavy atom. The summed E-state index contributed by atoms with van der Waals surface area (Å²) in [6, 6.07) is 8.87. The highest BCUT2D eigenvalue weighted by molar-refractivity contribution is 7.89. The molecule has 3 rings (SSSR count). The Labute approximate surface area is 164 Å². The minimum absolute atomic E-state index is 0.0682. The first kappa shape index (κ1) is 20.4. The van der Waals surface area contributed by atoms with Gasteiger partial charge in [0.2, 0.25) is 10.0 Å². The summed E-state index contributed by atoms with van der Waals surface area (Å²) in [6.45, 7) is 9.51. The fourth-order valence-corrected chi connectivity index (χ4v) is 6.10. The number of thiophene rings is 1. The molecule has 148 valence electrons. The second-order valence-electron chi connectivity index (χ2n) is 7.12. The van der Waals surface area contributed by atoms with Gasteiger partial charge in [-0.15, -0.1) is 11.3 Å². The molecule has 1 aromatic carbocycles. The van der Waals surface area contributed by atoms with Crippen molar-refractivity contribution in [2.75, 3.05) is 32.7 Å². The Morgan fingerprint density at radius 3 is 2.37 bits per heavy atom. The third-order valence-corrected chi connectivity index (χ3v) is 7.88. The molecular formula is C19H28FN3O2S2+2. The first-order valence-electron chi connectivity index (χ1n) is 9.40. The molecule has 5 nitrogen and oxygen atoms in total. The predicted octanol–water partition coefficient (Wildman–Crippen LogP) is 0.0986. The number of rotatable bonds is 7. The van der Waals surface area contributed by atoms with E-state index in [9.17, 15) is 12.8 Å². The summed E-state index contributed by atoms with van der Waals surface area (Å²) in [5.74, 6) is -0.445. The molecule has 8 heteroatoms. The van der Waals surface area contributed by atoms with Crippen LogP contribution in [0.2, 0.25) is 0 Å². The quantitative estimate of drug-likeness (QED) is 0.603. The van der Waals surface area contributed by atoms with E-state index in [1.807, 2.05) is 18.4 Å². The molecule has 2 aromatic rings. The molecule has 0 saturated carbocycles. The average Bonchev–Trinajstić information content (AvgIpc) is 3.16. The number of benzene rings is 1. The summed E-state index contributed by atoms with van der Waals surface area (Å²) in [5.41, 5.74) is 0. The summed E-state index contributed by atoms with van der Waals surface area (Å²) in [6.07, 6.45) is 0. The van der Waals surface area contributed by atoms with Crippen LogP contribution in [-0.2, 0) is 10.0 Å². The van der Waals surface area contributed by atoms with Gasteiger partial charge in [-0.3, -0.25) is 0 Å². The van der Waals surface area contributed by atoms with E-state index in [-0.39, 0.29) is 17.0 Å². The van der Waals surface area contributed by atoms with Crippen LogP contribution in [0.15, 0.2) is 46.7 Å². The fraction of sp³-hybridized carbons (Fsp3) is 0.474. The zero-order valence-corrected chi connectivity index (χ0v) is 17.4. The smallest absolute Gasteiger partial charge is 0.241 e. The number of quaternary nitrogens is 2. The van der Waals surface area contributed by atoms with Gasteiger partial charge in [-0.25, -0.2) is 17.5 Å². The lowest BCUT2D eigenvalue weighted by molar-refractivity contribution is -1.03. The summed E-state index contributed by atoms with van der Waals surface area (Å²) in [7, 11) is -3.70. The number of likely N-dealkylation sites (N-methyl/N-ethyl adjacent to an activating group) is 1. The molecule has 1 aliphatic rings. The number of hydrogen-bond acceptors (Lipinski definition) is 3. The van der Waals surface area contributed by atoms with E-state index in [0.717, 1.165) is 32.7 Å². The van der Waals surface area contributed by atoms with Gasteiger partial charge in [0.15, 0.2) is 0 Å². The summed E-state index contributed by atoms with van der Waals surface area (Å²) in [4.78, 5) is 4.31. The minimum atomic E-state index is -3.70. The van der Waals surface area contributed by atoms with Gasteiger partial charge in [0.25, 0.3) is 0 Å². The molecule has 27 heavy (non-hydrogen) atoms. The molecule has 0 radical (unpaired) electrons. The van der Waals surface area contributed by atoms with Crippen molar-refractivity contribution >= 4 is 21.4 Å². The zero-order valence-electron chi connectivity index (χ0n) is 15.7. The van der Waals surface area contributed by atoms with E-state index >= 15 is 0 Å².